The van der Waals surface area contributed by atoms with Gasteiger partial charge in [0.05, 0.1) is 17.6 Å². The van der Waals surface area contributed by atoms with Crippen LogP contribution in [0.1, 0.15) is 17.8 Å². The molecule has 0 radical (unpaired) electrons. The smallest absolute Gasteiger partial charge is 0.244 e. The molecule has 180 valence electrons. The normalized spacial score (nSPS) is 11.3. The van der Waals surface area contributed by atoms with E-state index in [1.807, 2.05) is 78.9 Å². The topological polar surface area (TPSA) is 56.2 Å². The summed E-state index contributed by atoms with van der Waals surface area (Å²) in [6.07, 6.45) is 4.90. The number of hydrogen-bond acceptors (Lipinski definition) is 3. The summed E-state index contributed by atoms with van der Waals surface area (Å²) in [4.78, 5) is 17.1. The molecule has 0 fully saturated rings. The molecular formula is C31H29N3O2. The second-order valence-corrected chi connectivity index (χ2v) is 8.63. The van der Waals surface area contributed by atoms with E-state index < -0.39 is 0 Å². The number of nitrogens with zero attached hydrogens (tertiary/aromatic N) is 2. The molecule has 5 heteroatoms. The number of para-hydroxylation sites is 2. The molecule has 0 saturated carbocycles. The molecule has 0 aliphatic rings. The van der Waals surface area contributed by atoms with Gasteiger partial charge in [0.1, 0.15) is 11.6 Å². The highest BCUT2D eigenvalue weighted by molar-refractivity contribution is 5.91. The van der Waals surface area contributed by atoms with Gasteiger partial charge in [-0.25, -0.2) is 4.98 Å². The van der Waals surface area contributed by atoms with Crippen molar-refractivity contribution in [1.82, 2.24) is 14.9 Å². The molecule has 5 rings (SSSR count). The van der Waals surface area contributed by atoms with Crippen molar-refractivity contribution in [3.63, 3.8) is 0 Å². The van der Waals surface area contributed by atoms with Crippen LogP contribution in [0, 0.1) is 0 Å². The maximum absolute atomic E-state index is 12.3. The molecule has 0 spiro atoms. The van der Waals surface area contributed by atoms with Crippen molar-refractivity contribution in [1.29, 1.82) is 0 Å². The first-order valence-corrected chi connectivity index (χ1v) is 12.3. The van der Waals surface area contributed by atoms with Crippen LogP contribution in [0.15, 0.2) is 103 Å². The molecule has 0 aliphatic carbocycles. The molecule has 5 aromatic rings. The third-order valence-corrected chi connectivity index (χ3v) is 6.14. The Bertz CT molecular complexity index is 1480. The fourth-order valence-corrected chi connectivity index (χ4v) is 4.38. The molecule has 1 aromatic heterocycles. The fraction of sp³-hybridized carbons (Fsp3) is 0.161. The Hall–Kier alpha value is -4.38. The van der Waals surface area contributed by atoms with Crippen LogP contribution in [-0.2, 0) is 17.8 Å². The Kier molecular flexibility index (Phi) is 7.38. The minimum absolute atomic E-state index is 0.106. The summed E-state index contributed by atoms with van der Waals surface area (Å²) in [7, 11) is 0. The van der Waals surface area contributed by atoms with Gasteiger partial charge >= 0.3 is 0 Å². The molecule has 4 aromatic carbocycles. The standard InChI is InChI=1S/C31H29N3O2/c35-31(19-18-24-10-2-1-3-11-24)32-21-20-30-33-27-15-6-7-16-28(27)34(30)22-9-23-36-29-17-8-13-25-12-4-5-14-26(25)29/h1-8,10-19H,9,20-23H2,(H,32,35)/b19-18+. The minimum atomic E-state index is -0.106. The SMILES string of the molecule is O=C(/C=C/c1ccccc1)NCCc1nc2ccccc2n1CCCOc1cccc2ccccc12. The van der Waals surface area contributed by atoms with E-state index in [4.69, 9.17) is 9.72 Å². The monoisotopic (exact) mass is 475 g/mol. The molecule has 0 unspecified atom stereocenters. The van der Waals surface area contributed by atoms with Crippen LogP contribution in [0.25, 0.3) is 27.9 Å². The zero-order chi connectivity index (χ0) is 24.6. The van der Waals surface area contributed by atoms with Crippen molar-refractivity contribution >= 4 is 33.8 Å². The first-order chi connectivity index (χ1) is 17.8. The quantitative estimate of drug-likeness (QED) is 0.198. The number of hydrogen-bond donors (Lipinski definition) is 1. The average Bonchev–Trinajstić information content (AvgIpc) is 3.28. The summed E-state index contributed by atoms with van der Waals surface area (Å²) in [5, 5.41) is 5.28. The van der Waals surface area contributed by atoms with Gasteiger partial charge in [-0.2, -0.15) is 0 Å². The van der Waals surface area contributed by atoms with Crippen LogP contribution in [0.5, 0.6) is 5.75 Å². The van der Waals surface area contributed by atoms with Crippen molar-refractivity contribution in [2.75, 3.05) is 13.2 Å². The number of fused-ring (bicyclic) bond motifs is 2. The Morgan fingerprint density at radius 1 is 0.889 bits per heavy atom. The molecule has 0 atom stereocenters. The number of imidazole rings is 1. The van der Waals surface area contributed by atoms with E-state index in [9.17, 15) is 4.79 Å². The molecule has 36 heavy (non-hydrogen) atoms. The second kappa shape index (κ2) is 11.4. The Morgan fingerprint density at radius 3 is 2.58 bits per heavy atom. The predicted octanol–water partition coefficient (Wildman–Crippen LogP) is 6.03. The minimum Gasteiger partial charge on any atom is -0.493 e. The first kappa shape index (κ1) is 23.4. The maximum atomic E-state index is 12.3. The van der Waals surface area contributed by atoms with E-state index in [1.165, 1.54) is 5.39 Å². The van der Waals surface area contributed by atoms with Gasteiger partial charge in [-0.15, -0.1) is 0 Å². The molecule has 0 aliphatic heterocycles. The Morgan fingerprint density at radius 2 is 1.67 bits per heavy atom. The summed E-state index contributed by atoms with van der Waals surface area (Å²) < 4.78 is 8.39. The van der Waals surface area contributed by atoms with Crippen LogP contribution < -0.4 is 10.1 Å². The summed E-state index contributed by atoms with van der Waals surface area (Å²) in [5.41, 5.74) is 3.07. The summed E-state index contributed by atoms with van der Waals surface area (Å²) in [6, 6.07) is 32.4. The molecule has 1 heterocycles. The van der Waals surface area contributed by atoms with Gasteiger partial charge in [0.2, 0.25) is 5.91 Å². The van der Waals surface area contributed by atoms with Gasteiger partial charge in [0.25, 0.3) is 0 Å². The van der Waals surface area contributed by atoms with Crippen molar-refractivity contribution in [3.05, 3.63) is 115 Å². The third kappa shape index (κ3) is 5.63. The third-order valence-electron chi connectivity index (χ3n) is 6.14. The summed E-state index contributed by atoms with van der Waals surface area (Å²) in [5.74, 6) is 1.77. The van der Waals surface area contributed by atoms with Gasteiger partial charge in [0, 0.05) is 31.0 Å². The lowest BCUT2D eigenvalue weighted by molar-refractivity contribution is -0.116. The van der Waals surface area contributed by atoms with E-state index in [2.05, 4.69) is 34.1 Å². The second-order valence-electron chi connectivity index (χ2n) is 8.63. The Labute approximate surface area is 211 Å². The predicted molar refractivity (Wildman–Crippen MR) is 146 cm³/mol. The number of rotatable bonds is 10. The number of carbonyl (C=O) groups is 1. The number of amides is 1. The molecule has 1 N–H and O–H groups in total. The van der Waals surface area contributed by atoms with E-state index in [0.717, 1.165) is 46.5 Å². The Balaban J connectivity index is 1.19. The van der Waals surface area contributed by atoms with E-state index >= 15 is 0 Å². The van der Waals surface area contributed by atoms with Gasteiger partial charge < -0.3 is 14.6 Å². The average molecular weight is 476 g/mol. The van der Waals surface area contributed by atoms with Gasteiger partial charge in [0.15, 0.2) is 0 Å². The summed E-state index contributed by atoms with van der Waals surface area (Å²) in [6.45, 7) is 1.93. The number of carbonyl (C=O) groups excluding carboxylic acids is 1. The van der Waals surface area contributed by atoms with Crippen LogP contribution in [-0.4, -0.2) is 28.6 Å². The van der Waals surface area contributed by atoms with E-state index in [-0.39, 0.29) is 5.91 Å². The first-order valence-electron chi connectivity index (χ1n) is 12.3. The number of aromatic nitrogens is 2. The van der Waals surface area contributed by atoms with Crippen molar-refractivity contribution in [3.8, 4) is 5.75 Å². The van der Waals surface area contributed by atoms with Crippen molar-refractivity contribution in [2.45, 2.75) is 19.4 Å². The van der Waals surface area contributed by atoms with Crippen molar-refractivity contribution < 1.29 is 9.53 Å². The van der Waals surface area contributed by atoms with Crippen LogP contribution >= 0.6 is 0 Å². The lowest BCUT2D eigenvalue weighted by atomic mass is 10.1. The van der Waals surface area contributed by atoms with Crippen LogP contribution in [0.2, 0.25) is 0 Å². The van der Waals surface area contributed by atoms with Crippen molar-refractivity contribution in [2.24, 2.45) is 0 Å². The van der Waals surface area contributed by atoms with Gasteiger partial charge in [-0.05, 0) is 41.6 Å². The van der Waals surface area contributed by atoms with E-state index in [0.29, 0.717) is 19.6 Å². The number of aryl methyl sites for hydroxylation is 1. The van der Waals surface area contributed by atoms with E-state index in [1.54, 1.807) is 6.08 Å². The highest BCUT2D eigenvalue weighted by Crippen LogP contribution is 2.25. The molecule has 5 nitrogen and oxygen atoms in total. The molecule has 0 saturated heterocycles. The fourth-order valence-electron chi connectivity index (χ4n) is 4.38. The molecular weight excluding hydrogens is 446 g/mol. The largest absolute Gasteiger partial charge is 0.493 e. The number of benzene rings is 4. The van der Waals surface area contributed by atoms with Gasteiger partial charge in [-0.3, -0.25) is 4.79 Å². The van der Waals surface area contributed by atoms with Crippen LogP contribution in [0.3, 0.4) is 0 Å². The molecule has 0 bridgehead atoms. The van der Waals surface area contributed by atoms with Gasteiger partial charge in [-0.1, -0.05) is 78.9 Å². The highest BCUT2D eigenvalue weighted by atomic mass is 16.5. The highest BCUT2D eigenvalue weighted by Gasteiger charge is 2.11. The maximum Gasteiger partial charge on any atom is 0.244 e. The lowest BCUT2D eigenvalue weighted by Gasteiger charge is -2.12. The zero-order valence-corrected chi connectivity index (χ0v) is 20.1. The number of ether oxygens (including phenoxy) is 1. The lowest BCUT2D eigenvalue weighted by Crippen LogP contribution is -2.24. The van der Waals surface area contributed by atoms with Crippen LogP contribution in [0.4, 0.5) is 0 Å². The molecule has 1 amide bonds. The number of nitrogens with one attached hydrogen (secondary N) is 1. The zero-order valence-electron chi connectivity index (χ0n) is 20.1. The summed E-state index contributed by atoms with van der Waals surface area (Å²) >= 11 is 0.